The summed E-state index contributed by atoms with van der Waals surface area (Å²) >= 11 is 0. The summed E-state index contributed by atoms with van der Waals surface area (Å²) in [4.78, 5) is 13.7. The van der Waals surface area contributed by atoms with Gasteiger partial charge in [-0.05, 0) is 75.4 Å². The van der Waals surface area contributed by atoms with E-state index < -0.39 is 5.41 Å². The van der Waals surface area contributed by atoms with Crippen LogP contribution in [0.1, 0.15) is 43.4 Å². The summed E-state index contributed by atoms with van der Waals surface area (Å²) in [6.45, 7) is 2.56. The number of nitrogens with one attached hydrogen (secondary N) is 3. The van der Waals surface area contributed by atoms with E-state index in [1.165, 1.54) is 0 Å². The summed E-state index contributed by atoms with van der Waals surface area (Å²) in [7, 11) is 0. The molecule has 3 N–H and O–H groups in total. The molecule has 11 nitrogen and oxygen atoms in total. The fourth-order valence-corrected chi connectivity index (χ4v) is 5.38. The van der Waals surface area contributed by atoms with Gasteiger partial charge >= 0.3 is 0 Å². The van der Waals surface area contributed by atoms with Crippen molar-refractivity contribution >= 4 is 5.91 Å². The molecule has 0 saturated heterocycles. The molecule has 1 aliphatic carbocycles. The lowest BCUT2D eigenvalue weighted by atomic mass is 9.49. The number of carbonyl (C=O) groups excluding carboxylic acids is 1. The monoisotopic (exact) mass is 487 g/mol. The molecule has 2 aromatic carbocycles. The number of hydrogen-bond acceptors (Lipinski definition) is 8. The van der Waals surface area contributed by atoms with Gasteiger partial charge in [-0.25, -0.2) is 10.2 Å². The van der Waals surface area contributed by atoms with E-state index in [-0.39, 0.29) is 17.7 Å². The number of amides is 1. The van der Waals surface area contributed by atoms with Crippen molar-refractivity contribution in [2.24, 2.45) is 17.3 Å². The molecule has 11 heteroatoms. The smallest absolute Gasteiger partial charge is 0.226 e. The van der Waals surface area contributed by atoms with Gasteiger partial charge in [0.2, 0.25) is 5.91 Å². The zero-order valence-electron chi connectivity index (χ0n) is 20.1. The zero-order valence-corrected chi connectivity index (χ0v) is 20.1. The number of rotatable bonds is 11. The third kappa shape index (κ3) is 5.09. The number of para-hydroxylation sites is 1. The number of benzene rings is 2. The molecule has 0 spiro atoms. The van der Waals surface area contributed by atoms with Crippen LogP contribution in [-0.4, -0.2) is 47.2 Å². The van der Waals surface area contributed by atoms with Crippen molar-refractivity contribution in [3.63, 3.8) is 0 Å². The lowest BCUT2D eigenvalue weighted by molar-refractivity contribution is -0.151. The van der Waals surface area contributed by atoms with Crippen molar-refractivity contribution in [1.82, 2.24) is 46.6 Å². The molecule has 1 saturated carbocycles. The van der Waals surface area contributed by atoms with Crippen molar-refractivity contribution in [3.05, 3.63) is 71.8 Å². The van der Waals surface area contributed by atoms with E-state index in [1.807, 2.05) is 54.6 Å². The predicted octanol–water partition coefficient (Wildman–Crippen LogP) is 3.03. The minimum atomic E-state index is -0.490. The first-order valence-electron chi connectivity index (χ1n) is 12.2. The van der Waals surface area contributed by atoms with Crippen LogP contribution in [0.5, 0.6) is 11.5 Å². The molecule has 5 rings (SSSR count). The number of ether oxygens (including phenoxy) is 1. The standard InChI is InChI=1S/C25H29N9O2/c1-2-12-25(15-18(13-22-27-31-32-28-22)21(25)14-23-29-33-34-30-23)24(35)26-16-17-8-10-20(11-9-17)36-19-6-4-3-5-7-19/h3-11,18,21H,2,12-16H2,1H3,(H,26,35)(H,27,28,31,32)(H,29,30,33,34). The maximum absolute atomic E-state index is 13.7. The molecule has 2 heterocycles. The number of aromatic amines is 2. The van der Waals surface area contributed by atoms with Gasteiger partial charge < -0.3 is 10.1 Å². The van der Waals surface area contributed by atoms with Crippen LogP contribution in [0.4, 0.5) is 0 Å². The Labute approximate surface area is 208 Å². The van der Waals surface area contributed by atoms with E-state index in [1.54, 1.807) is 0 Å². The van der Waals surface area contributed by atoms with Crippen LogP contribution in [0, 0.1) is 17.3 Å². The third-order valence-electron chi connectivity index (χ3n) is 7.06. The summed E-state index contributed by atoms with van der Waals surface area (Å²) in [5.41, 5.74) is 0.519. The second-order valence-corrected chi connectivity index (χ2v) is 9.32. The largest absolute Gasteiger partial charge is 0.457 e. The number of hydrogen-bond donors (Lipinski definition) is 3. The van der Waals surface area contributed by atoms with Crippen molar-refractivity contribution in [3.8, 4) is 11.5 Å². The Morgan fingerprint density at radius 2 is 1.64 bits per heavy atom. The molecule has 0 radical (unpaired) electrons. The Bertz CT molecular complexity index is 1230. The summed E-state index contributed by atoms with van der Waals surface area (Å²) in [6.07, 6.45) is 3.74. The molecule has 36 heavy (non-hydrogen) atoms. The van der Waals surface area contributed by atoms with Gasteiger partial charge in [-0.15, -0.1) is 10.2 Å². The molecule has 1 fully saturated rings. The van der Waals surface area contributed by atoms with Crippen LogP contribution < -0.4 is 10.1 Å². The Kier molecular flexibility index (Phi) is 6.96. The molecule has 2 aromatic heterocycles. The number of carbonyl (C=O) groups is 1. The van der Waals surface area contributed by atoms with Gasteiger partial charge in [-0.2, -0.15) is 0 Å². The average Bonchev–Trinajstić information content (AvgIpc) is 3.61. The second-order valence-electron chi connectivity index (χ2n) is 9.32. The topological polar surface area (TPSA) is 147 Å². The highest BCUT2D eigenvalue weighted by molar-refractivity contribution is 5.84. The third-order valence-corrected chi connectivity index (χ3v) is 7.06. The number of nitrogens with zero attached hydrogens (tertiary/aromatic N) is 6. The van der Waals surface area contributed by atoms with Gasteiger partial charge in [-0.1, -0.05) is 43.7 Å². The first-order chi connectivity index (χ1) is 17.7. The molecule has 3 unspecified atom stereocenters. The number of aromatic nitrogens is 8. The maximum Gasteiger partial charge on any atom is 0.226 e. The Hall–Kier alpha value is -4.15. The average molecular weight is 488 g/mol. The van der Waals surface area contributed by atoms with Gasteiger partial charge in [0.25, 0.3) is 0 Å². The van der Waals surface area contributed by atoms with E-state index >= 15 is 0 Å². The van der Waals surface area contributed by atoms with Crippen molar-refractivity contribution < 1.29 is 9.53 Å². The van der Waals surface area contributed by atoms with Gasteiger partial charge in [-0.3, -0.25) is 4.79 Å². The van der Waals surface area contributed by atoms with Gasteiger partial charge in [0, 0.05) is 19.4 Å². The molecular formula is C25H29N9O2. The van der Waals surface area contributed by atoms with E-state index in [4.69, 9.17) is 4.74 Å². The van der Waals surface area contributed by atoms with Crippen molar-refractivity contribution in [1.29, 1.82) is 0 Å². The molecule has 0 bridgehead atoms. The predicted molar refractivity (Wildman–Crippen MR) is 130 cm³/mol. The lowest BCUT2D eigenvalue weighted by Gasteiger charge is -2.54. The van der Waals surface area contributed by atoms with Crippen LogP contribution >= 0.6 is 0 Å². The fraction of sp³-hybridized carbons (Fsp3) is 0.400. The first-order valence-corrected chi connectivity index (χ1v) is 12.2. The Balaban J connectivity index is 1.26. The summed E-state index contributed by atoms with van der Waals surface area (Å²) in [6, 6.07) is 17.4. The van der Waals surface area contributed by atoms with Gasteiger partial charge in [0.15, 0.2) is 0 Å². The first kappa shape index (κ1) is 23.6. The van der Waals surface area contributed by atoms with Gasteiger partial charge in [0.1, 0.15) is 23.1 Å². The maximum atomic E-state index is 13.7. The summed E-state index contributed by atoms with van der Waals surface area (Å²) < 4.78 is 5.87. The highest BCUT2D eigenvalue weighted by atomic mass is 16.5. The van der Waals surface area contributed by atoms with E-state index in [0.717, 1.165) is 42.1 Å². The van der Waals surface area contributed by atoms with Gasteiger partial charge in [0.05, 0.1) is 5.41 Å². The Morgan fingerprint density at radius 3 is 2.28 bits per heavy atom. The Morgan fingerprint density at radius 1 is 0.972 bits per heavy atom. The van der Waals surface area contributed by atoms with Crippen LogP contribution in [0.3, 0.4) is 0 Å². The lowest BCUT2D eigenvalue weighted by Crippen LogP contribution is -2.58. The normalized spacial score (nSPS) is 21.0. The van der Waals surface area contributed by atoms with E-state index in [2.05, 4.69) is 53.5 Å². The number of H-pyrrole nitrogens is 2. The van der Waals surface area contributed by atoms with E-state index in [9.17, 15) is 4.79 Å². The fourth-order valence-electron chi connectivity index (χ4n) is 5.38. The quantitative estimate of drug-likeness (QED) is 0.292. The number of tetrazole rings is 2. The van der Waals surface area contributed by atoms with Crippen LogP contribution in [-0.2, 0) is 24.2 Å². The molecule has 186 valence electrons. The minimum Gasteiger partial charge on any atom is -0.457 e. The summed E-state index contributed by atoms with van der Waals surface area (Å²) in [5, 5.41) is 31.8. The molecule has 3 atom stereocenters. The SMILES string of the molecule is CCCC1(C(=O)NCc2ccc(Oc3ccccc3)cc2)CC(Cc2nnn[nH]2)C1Cc1nnn[nH]1. The van der Waals surface area contributed by atoms with Crippen molar-refractivity contribution in [2.45, 2.75) is 45.6 Å². The highest BCUT2D eigenvalue weighted by Gasteiger charge is 2.57. The molecular weight excluding hydrogens is 458 g/mol. The zero-order chi connectivity index (χ0) is 24.8. The minimum absolute atomic E-state index is 0.0679. The van der Waals surface area contributed by atoms with Crippen LogP contribution in [0.25, 0.3) is 0 Å². The van der Waals surface area contributed by atoms with Crippen LogP contribution in [0.15, 0.2) is 54.6 Å². The van der Waals surface area contributed by atoms with E-state index in [0.29, 0.717) is 25.2 Å². The second kappa shape index (κ2) is 10.6. The van der Waals surface area contributed by atoms with Crippen LogP contribution in [0.2, 0.25) is 0 Å². The molecule has 1 amide bonds. The van der Waals surface area contributed by atoms with Crippen molar-refractivity contribution in [2.75, 3.05) is 0 Å². The molecule has 4 aromatic rings. The summed E-state index contributed by atoms with van der Waals surface area (Å²) in [5.74, 6) is 3.33. The highest BCUT2D eigenvalue weighted by Crippen LogP contribution is 2.56. The molecule has 1 aliphatic rings. The molecule has 0 aliphatic heterocycles.